The van der Waals surface area contributed by atoms with Crippen LogP contribution in [0.25, 0.3) is 0 Å². The molecule has 1 aromatic rings. The number of methoxy groups -OCH3 is 1. The minimum atomic E-state index is -0.108. The molecule has 5 nitrogen and oxygen atoms in total. The summed E-state index contributed by atoms with van der Waals surface area (Å²) in [5, 5.41) is 5.50. The minimum Gasteiger partial charge on any atom is -0.497 e. The van der Waals surface area contributed by atoms with Gasteiger partial charge in [0, 0.05) is 12.5 Å². The first-order chi connectivity index (χ1) is 10.1. The summed E-state index contributed by atoms with van der Waals surface area (Å²) in [6.07, 6.45) is 2.46. The van der Waals surface area contributed by atoms with Crippen LogP contribution in [-0.2, 0) is 9.59 Å². The summed E-state index contributed by atoms with van der Waals surface area (Å²) in [6, 6.07) is 8.00. The Morgan fingerprint density at radius 3 is 2.48 bits per heavy atom. The Morgan fingerprint density at radius 1 is 1.24 bits per heavy atom. The van der Waals surface area contributed by atoms with E-state index >= 15 is 0 Å². The van der Waals surface area contributed by atoms with E-state index in [9.17, 15) is 9.59 Å². The van der Waals surface area contributed by atoms with Gasteiger partial charge in [-0.15, -0.1) is 0 Å². The Bertz CT molecular complexity index is 495. The zero-order chi connectivity index (χ0) is 15.2. The fraction of sp³-hybridized carbons (Fsp3) is 0.500. The van der Waals surface area contributed by atoms with Crippen LogP contribution >= 0.6 is 0 Å². The molecule has 0 radical (unpaired) electrons. The van der Waals surface area contributed by atoms with E-state index in [2.05, 4.69) is 10.6 Å². The second kappa shape index (κ2) is 7.11. The molecule has 1 aliphatic carbocycles. The normalized spacial score (nSPS) is 15.1. The number of amides is 2. The SMILES string of the molecule is COc1ccc(C(C)CC(=O)NCC(=O)NC2CC2)cc1. The van der Waals surface area contributed by atoms with Crippen molar-refractivity contribution in [3.63, 3.8) is 0 Å². The van der Waals surface area contributed by atoms with Crippen LogP contribution in [0, 0.1) is 0 Å². The highest BCUT2D eigenvalue weighted by Crippen LogP contribution is 2.21. The molecule has 2 amide bonds. The number of carbonyl (C=O) groups excluding carboxylic acids is 2. The molecule has 1 aliphatic rings. The largest absolute Gasteiger partial charge is 0.497 e. The molecule has 21 heavy (non-hydrogen) atoms. The fourth-order valence-corrected chi connectivity index (χ4v) is 2.09. The number of benzene rings is 1. The summed E-state index contributed by atoms with van der Waals surface area (Å²) in [4.78, 5) is 23.3. The highest BCUT2D eigenvalue weighted by Gasteiger charge is 2.23. The number of ether oxygens (including phenoxy) is 1. The summed E-state index contributed by atoms with van der Waals surface area (Å²) in [5.74, 6) is 0.682. The van der Waals surface area contributed by atoms with Gasteiger partial charge in [0.25, 0.3) is 0 Å². The maximum Gasteiger partial charge on any atom is 0.239 e. The molecular weight excluding hydrogens is 268 g/mol. The van der Waals surface area contributed by atoms with Crippen molar-refractivity contribution in [2.45, 2.75) is 38.1 Å². The van der Waals surface area contributed by atoms with Crippen LogP contribution in [0.1, 0.15) is 37.7 Å². The van der Waals surface area contributed by atoms with Gasteiger partial charge in [-0.05, 0) is 36.5 Å². The maximum absolute atomic E-state index is 11.8. The Labute approximate surface area is 125 Å². The average molecular weight is 290 g/mol. The van der Waals surface area contributed by atoms with Crippen LogP contribution in [0.4, 0.5) is 0 Å². The number of carbonyl (C=O) groups is 2. The lowest BCUT2D eigenvalue weighted by Crippen LogP contribution is -2.38. The first-order valence-corrected chi connectivity index (χ1v) is 7.28. The number of nitrogens with one attached hydrogen (secondary N) is 2. The van der Waals surface area contributed by atoms with Crippen LogP contribution in [0.2, 0.25) is 0 Å². The zero-order valence-electron chi connectivity index (χ0n) is 12.5. The van der Waals surface area contributed by atoms with Gasteiger partial charge in [-0.3, -0.25) is 9.59 Å². The summed E-state index contributed by atoms with van der Waals surface area (Å²) >= 11 is 0. The predicted molar refractivity (Wildman–Crippen MR) is 80.2 cm³/mol. The molecule has 5 heteroatoms. The van der Waals surface area contributed by atoms with Crippen molar-refractivity contribution >= 4 is 11.8 Å². The van der Waals surface area contributed by atoms with Crippen molar-refractivity contribution in [1.82, 2.24) is 10.6 Å². The standard InChI is InChI=1S/C16H22N2O3/c1-11(12-3-7-14(21-2)8-4-12)9-15(19)17-10-16(20)18-13-5-6-13/h3-4,7-8,11,13H,5-6,9-10H2,1-2H3,(H,17,19)(H,18,20). The third kappa shape index (κ3) is 5.10. The van der Waals surface area contributed by atoms with Crippen molar-refractivity contribution in [1.29, 1.82) is 0 Å². The molecule has 0 spiro atoms. The second-order valence-electron chi connectivity index (χ2n) is 5.50. The zero-order valence-corrected chi connectivity index (χ0v) is 12.5. The minimum absolute atomic E-state index is 0.0602. The molecule has 1 aromatic carbocycles. The van der Waals surface area contributed by atoms with Gasteiger partial charge < -0.3 is 15.4 Å². The molecular formula is C16H22N2O3. The second-order valence-corrected chi connectivity index (χ2v) is 5.50. The van der Waals surface area contributed by atoms with Gasteiger partial charge in [0.05, 0.1) is 13.7 Å². The molecule has 2 rings (SSSR count). The van der Waals surface area contributed by atoms with Gasteiger partial charge in [-0.2, -0.15) is 0 Å². The van der Waals surface area contributed by atoms with Crippen LogP contribution in [0.5, 0.6) is 5.75 Å². The molecule has 0 aromatic heterocycles. The lowest BCUT2D eigenvalue weighted by molar-refractivity contribution is -0.126. The van der Waals surface area contributed by atoms with Crippen molar-refractivity contribution in [3.05, 3.63) is 29.8 Å². The molecule has 0 bridgehead atoms. The molecule has 1 unspecified atom stereocenters. The quantitative estimate of drug-likeness (QED) is 0.801. The number of hydrogen-bond acceptors (Lipinski definition) is 3. The van der Waals surface area contributed by atoms with Gasteiger partial charge in [0.15, 0.2) is 0 Å². The van der Waals surface area contributed by atoms with Crippen molar-refractivity contribution < 1.29 is 14.3 Å². The van der Waals surface area contributed by atoms with E-state index in [4.69, 9.17) is 4.74 Å². The highest BCUT2D eigenvalue weighted by atomic mass is 16.5. The topological polar surface area (TPSA) is 67.4 Å². The third-order valence-corrected chi connectivity index (χ3v) is 3.56. The van der Waals surface area contributed by atoms with E-state index in [1.54, 1.807) is 7.11 Å². The molecule has 2 N–H and O–H groups in total. The predicted octanol–water partition coefficient (Wildman–Crippen LogP) is 1.58. The van der Waals surface area contributed by atoms with Gasteiger partial charge in [0.1, 0.15) is 5.75 Å². The van der Waals surface area contributed by atoms with E-state index in [1.165, 1.54) is 0 Å². The van der Waals surface area contributed by atoms with Crippen molar-refractivity contribution in [3.8, 4) is 5.75 Å². The molecule has 0 saturated heterocycles. The Kier molecular flexibility index (Phi) is 5.20. The lowest BCUT2D eigenvalue weighted by Gasteiger charge is -2.12. The van der Waals surface area contributed by atoms with E-state index in [0.717, 1.165) is 24.2 Å². The van der Waals surface area contributed by atoms with Gasteiger partial charge in [0.2, 0.25) is 11.8 Å². The summed E-state index contributed by atoms with van der Waals surface area (Å²) < 4.78 is 5.11. The summed E-state index contributed by atoms with van der Waals surface area (Å²) in [5.41, 5.74) is 1.08. The molecule has 0 aliphatic heterocycles. The van der Waals surface area contributed by atoms with Crippen LogP contribution < -0.4 is 15.4 Å². The molecule has 1 saturated carbocycles. The van der Waals surface area contributed by atoms with E-state index in [-0.39, 0.29) is 24.3 Å². The Balaban J connectivity index is 1.73. The van der Waals surface area contributed by atoms with Crippen LogP contribution in [-0.4, -0.2) is 31.5 Å². The van der Waals surface area contributed by atoms with Gasteiger partial charge >= 0.3 is 0 Å². The van der Waals surface area contributed by atoms with E-state index in [0.29, 0.717) is 12.5 Å². The van der Waals surface area contributed by atoms with Gasteiger partial charge in [-0.25, -0.2) is 0 Å². The maximum atomic E-state index is 11.8. The monoisotopic (exact) mass is 290 g/mol. The molecule has 114 valence electrons. The number of hydrogen-bond donors (Lipinski definition) is 2. The lowest BCUT2D eigenvalue weighted by atomic mass is 9.97. The summed E-state index contributed by atoms with van der Waals surface area (Å²) in [7, 11) is 1.62. The highest BCUT2D eigenvalue weighted by molar-refractivity contribution is 5.85. The van der Waals surface area contributed by atoms with Gasteiger partial charge in [-0.1, -0.05) is 19.1 Å². The van der Waals surface area contributed by atoms with Crippen molar-refractivity contribution in [2.24, 2.45) is 0 Å². The average Bonchev–Trinajstić information content (AvgIpc) is 3.29. The Hall–Kier alpha value is -2.04. The first-order valence-electron chi connectivity index (χ1n) is 7.28. The smallest absolute Gasteiger partial charge is 0.239 e. The molecule has 1 fully saturated rings. The van der Waals surface area contributed by atoms with E-state index < -0.39 is 0 Å². The van der Waals surface area contributed by atoms with Crippen LogP contribution in [0.15, 0.2) is 24.3 Å². The first kappa shape index (κ1) is 15.4. The van der Waals surface area contributed by atoms with E-state index in [1.807, 2.05) is 31.2 Å². The third-order valence-electron chi connectivity index (χ3n) is 3.56. The van der Waals surface area contributed by atoms with Crippen LogP contribution in [0.3, 0.4) is 0 Å². The van der Waals surface area contributed by atoms with Crippen molar-refractivity contribution in [2.75, 3.05) is 13.7 Å². The summed E-state index contributed by atoms with van der Waals surface area (Å²) in [6.45, 7) is 2.05. The molecule has 1 atom stereocenters. The molecule has 0 heterocycles. The Morgan fingerprint density at radius 2 is 1.90 bits per heavy atom. The fourth-order valence-electron chi connectivity index (χ4n) is 2.09. The number of rotatable bonds is 7.